The van der Waals surface area contributed by atoms with Gasteiger partial charge >= 0.3 is 0 Å². The second-order valence-corrected chi connectivity index (χ2v) is 6.45. The van der Waals surface area contributed by atoms with Crippen LogP contribution in [0.1, 0.15) is 5.56 Å². The fraction of sp³-hybridized carbons (Fsp3) is 0.350. The smallest absolute Gasteiger partial charge is 0.260 e. The van der Waals surface area contributed by atoms with Gasteiger partial charge in [-0.1, -0.05) is 30.3 Å². The minimum atomic E-state index is 0.0158. The first kappa shape index (κ1) is 16.7. The normalized spacial score (nSPS) is 16.5. The number of hydrogen-bond acceptors (Lipinski definition) is 5. The monoisotopic (exact) mass is 354 g/mol. The van der Waals surface area contributed by atoms with Gasteiger partial charge in [-0.25, -0.2) is 0 Å². The Morgan fingerprint density at radius 2 is 1.73 bits per heavy atom. The third-order valence-corrected chi connectivity index (χ3v) is 4.68. The highest BCUT2D eigenvalue weighted by Crippen LogP contribution is 2.35. The van der Waals surface area contributed by atoms with E-state index in [1.54, 1.807) is 18.2 Å². The number of amides is 1. The van der Waals surface area contributed by atoms with Crippen LogP contribution in [0.4, 0.5) is 0 Å². The molecule has 2 heterocycles. The molecule has 0 atom stereocenters. The Morgan fingerprint density at radius 3 is 2.54 bits per heavy atom. The van der Waals surface area contributed by atoms with Crippen LogP contribution in [0.2, 0.25) is 0 Å². The third kappa shape index (κ3) is 3.91. The van der Waals surface area contributed by atoms with Gasteiger partial charge in [0.15, 0.2) is 18.1 Å². The summed E-state index contributed by atoms with van der Waals surface area (Å²) in [6.07, 6.45) is 0. The van der Waals surface area contributed by atoms with Crippen LogP contribution in [0.25, 0.3) is 0 Å². The summed E-state index contributed by atoms with van der Waals surface area (Å²) in [5.74, 6) is 2.00. The van der Waals surface area contributed by atoms with Crippen molar-refractivity contribution in [2.75, 3.05) is 39.6 Å². The first-order valence-electron chi connectivity index (χ1n) is 8.84. The Balaban J connectivity index is 1.23. The highest BCUT2D eigenvalue weighted by molar-refractivity contribution is 5.78. The van der Waals surface area contributed by atoms with Crippen LogP contribution < -0.4 is 14.2 Å². The molecular weight excluding hydrogens is 332 g/mol. The molecular formula is C20H22N2O4. The predicted octanol–water partition coefficient (Wildman–Crippen LogP) is 2.14. The lowest BCUT2D eigenvalue weighted by molar-refractivity contribution is -0.135. The van der Waals surface area contributed by atoms with E-state index in [9.17, 15) is 4.79 Å². The zero-order valence-corrected chi connectivity index (χ0v) is 14.6. The first-order valence-corrected chi connectivity index (χ1v) is 8.84. The molecule has 0 unspecified atom stereocenters. The van der Waals surface area contributed by atoms with Gasteiger partial charge in [0, 0.05) is 38.8 Å². The SMILES string of the molecule is O=C(COc1ccc2c(c1)OCO2)N1CCN(Cc2ccccc2)CC1. The van der Waals surface area contributed by atoms with E-state index in [1.165, 1.54) is 5.56 Å². The topological polar surface area (TPSA) is 51.2 Å². The second kappa shape index (κ2) is 7.66. The third-order valence-electron chi connectivity index (χ3n) is 4.68. The lowest BCUT2D eigenvalue weighted by atomic mass is 10.2. The summed E-state index contributed by atoms with van der Waals surface area (Å²) in [5, 5.41) is 0. The first-order chi connectivity index (χ1) is 12.8. The summed E-state index contributed by atoms with van der Waals surface area (Å²) in [4.78, 5) is 16.6. The minimum absolute atomic E-state index is 0.0158. The summed E-state index contributed by atoms with van der Waals surface area (Å²) >= 11 is 0. The number of ether oxygens (including phenoxy) is 3. The highest BCUT2D eigenvalue weighted by atomic mass is 16.7. The van der Waals surface area contributed by atoms with Crippen molar-refractivity contribution >= 4 is 5.91 Å². The molecule has 6 nitrogen and oxygen atoms in total. The number of rotatable bonds is 5. The number of carbonyl (C=O) groups is 1. The fourth-order valence-electron chi connectivity index (χ4n) is 3.20. The van der Waals surface area contributed by atoms with E-state index in [0.717, 1.165) is 32.7 Å². The number of fused-ring (bicyclic) bond motifs is 1. The van der Waals surface area contributed by atoms with Crippen LogP contribution in [-0.2, 0) is 11.3 Å². The summed E-state index contributed by atoms with van der Waals surface area (Å²) in [5.41, 5.74) is 1.30. The molecule has 4 rings (SSSR count). The summed E-state index contributed by atoms with van der Waals surface area (Å²) in [7, 11) is 0. The molecule has 0 spiro atoms. The quantitative estimate of drug-likeness (QED) is 0.823. The molecule has 2 aromatic rings. The molecule has 2 aliphatic rings. The van der Waals surface area contributed by atoms with Crippen LogP contribution in [0.15, 0.2) is 48.5 Å². The number of piperazine rings is 1. The Morgan fingerprint density at radius 1 is 0.962 bits per heavy atom. The molecule has 0 aromatic heterocycles. The van der Waals surface area contributed by atoms with Crippen LogP contribution in [0, 0.1) is 0 Å². The molecule has 1 fully saturated rings. The average Bonchev–Trinajstić information content (AvgIpc) is 3.15. The standard InChI is InChI=1S/C20H22N2O4/c23-20(14-24-17-6-7-18-19(12-17)26-15-25-18)22-10-8-21(9-11-22)13-16-4-2-1-3-5-16/h1-7,12H,8-11,13-15H2. The Labute approximate surface area is 152 Å². The molecule has 2 aromatic carbocycles. The van der Waals surface area contributed by atoms with Crippen molar-refractivity contribution in [2.24, 2.45) is 0 Å². The molecule has 6 heteroatoms. The van der Waals surface area contributed by atoms with Crippen molar-refractivity contribution in [1.29, 1.82) is 0 Å². The summed E-state index contributed by atoms with van der Waals surface area (Å²) in [6.45, 7) is 4.42. The van der Waals surface area contributed by atoms with Gasteiger partial charge in [-0.3, -0.25) is 9.69 Å². The molecule has 1 saturated heterocycles. The number of nitrogens with zero attached hydrogens (tertiary/aromatic N) is 2. The van der Waals surface area contributed by atoms with Crippen molar-refractivity contribution in [3.8, 4) is 17.2 Å². The highest BCUT2D eigenvalue weighted by Gasteiger charge is 2.22. The summed E-state index contributed by atoms with van der Waals surface area (Å²) in [6, 6.07) is 15.8. The van der Waals surface area contributed by atoms with Crippen molar-refractivity contribution in [1.82, 2.24) is 9.80 Å². The van der Waals surface area contributed by atoms with Gasteiger partial charge in [-0.15, -0.1) is 0 Å². The van der Waals surface area contributed by atoms with Crippen molar-refractivity contribution in [2.45, 2.75) is 6.54 Å². The minimum Gasteiger partial charge on any atom is -0.484 e. The van der Waals surface area contributed by atoms with Gasteiger partial charge in [-0.2, -0.15) is 0 Å². The van der Waals surface area contributed by atoms with Gasteiger partial charge in [-0.05, 0) is 17.7 Å². The van der Waals surface area contributed by atoms with E-state index >= 15 is 0 Å². The van der Waals surface area contributed by atoms with Crippen molar-refractivity contribution in [3.63, 3.8) is 0 Å². The molecule has 26 heavy (non-hydrogen) atoms. The maximum Gasteiger partial charge on any atom is 0.260 e. The average molecular weight is 354 g/mol. The van der Waals surface area contributed by atoms with E-state index in [2.05, 4.69) is 29.2 Å². The van der Waals surface area contributed by atoms with E-state index in [0.29, 0.717) is 17.2 Å². The molecule has 2 aliphatic heterocycles. The van der Waals surface area contributed by atoms with Crippen molar-refractivity contribution < 1.29 is 19.0 Å². The molecule has 0 bridgehead atoms. The lowest BCUT2D eigenvalue weighted by Gasteiger charge is -2.34. The van der Waals surface area contributed by atoms with E-state index < -0.39 is 0 Å². The van der Waals surface area contributed by atoms with Crippen LogP contribution in [-0.4, -0.2) is 55.3 Å². The Bertz CT molecular complexity index is 758. The molecule has 0 N–H and O–H groups in total. The Hall–Kier alpha value is -2.73. The van der Waals surface area contributed by atoms with Gasteiger partial charge in [0.2, 0.25) is 6.79 Å². The molecule has 0 saturated carbocycles. The van der Waals surface area contributed by atoms with Gasteiger partial charge in [0.25, 0.3) is 5.91 Å². The van der Waals surface area contributed by atoms with Crippen LogP contribution in [0.3, 0.4) is 0 Å². The lowest BCUT2D eigenvalue weighted by Crippen LogP contribution is -2.49. The van der Waals surface area contributed by atoms with E-state index in [4.69, 9.17) is 14.2 Å². The second-order valence-electron chi connectivity index (χ2n) is 6.45. The van der Waals surface area contributed by atoms with Crippen LogP contribution >= 0.6 is 0 Å². The zero-order chi connectivity index (χ0) is 17.8. The Kier molecular flexibility index (Phi) is 4.93. The summed E-state index contributed by atoms with van der Waals surface area (Å²) < 4.78 is 16.2. The predicted molar refractivity (Wildman–Crippen MR) is 96.4 cm³/mol. The van der Waals surface area contributed by atoms with E-state index in [-0.39, 0.29) is 19.3 Å². The largest absolute Gasteiger partial charge is 0.484 e. The molecule has 0 aliphatic carbocycles. The number of benzene rings is 2. The molecule has 0 radical (unpaired) electrons. The van der Waals surface area contributed by atoms with Crippen LogP contribution in [0.5, 0.6) is 17.2 Å². The number of hydrogen-bond donors (Lipinski definition) is 0. The number of carbonyl (C=O) groups excluding carboxylic acids is 1. The maximum atomic E-state index is 12.4. The fourth-order valence-corrected chi connectivity index (χ4v) is 3.20. The van der Waals surface area contributed by atoms with Gasteiger partial charge in [0.05, 0.1) is 0 Å². The van der Waals surface area contributed by atoms with Gasteiger partial charge < -0.3 is 19.1 Å². The zero-order valence-electron chi connectivity index (χ0n) is 14.6. The maximum absolute atomic E-state index is 12.4. The van der Waals surface area contributed by atoms with E-state index in [1.807, 2.05) is 11.0 Å². The molecule has 136 valence electrons. The molecule has 1 amide bonds. The van der Waals surface area contributed by atoms with Gasteiger partial charge in [0.1, 0.15) is 5.75 Å². The van der Waals surface area contributed by atoms with Crippen molar-refractivity contribution in [3.05, 3.63) is 54.1 Å².